The molecule has 9 nitrogen and oxygen atoms in total. The van der Waals surface area contributed by atoms with Gasteiger partial charge in [0, 0.05) is 35.5 Å². The van der Waals surface area contributed by atoms with Gasteiger partial charge in [-0.1, -0.05) is 30.3 Å². The summed E-state index contributed by atoms with van der Waals surface area (Å²) in [6.07, 6.45) is 4.34. The largest absolute Gasteiger partial charge is 0.361 e. The van der Waals surface area contributed by atoms with E-state index in [1.54, 1.807) is 12.4 Å². The number of nitrogens with one attached hydrogen (secondary N) is 3. The van der Waals surface area contributed by atoms with Gasteiger partial charge in [0.2, 0.25) is 5.91 Å². The zero-order valence-electron chi connectivity index (χ0n) is 17.7. The van der Waals surface area contributed by atoms with E-state index in [2.05, 4.69) is 31.7 Å². The lowest BCUT2D eigenvalue weighted by molar-refractivity contribution is -0.124. The van der Waals surface area contributed by atoms with E-state index in [-0.39, 0.29) is 17.4 Å². The average molecular weight is 439 g/mol. The van der Waals surface area contributed by atoms with Gasteiger partial charge in [-0.15, -0.1) is 0 Å². The Morgan fingerprint density at radius 3 is 2.88 bits per heavy atom. The molecule has 4 aromatic rings. The van der Waals surface area contributed by atoms with E-state index in [9.17, 15) is 14.9 Å². The Balaban J connectivity index is 1.37. The predicted molar refractivity (Wildman–Crippen MR) is 122 cm³/mol. The van der Waals surface area contributed by atoms with Gasteiger partial charge in [-0.25, -0.2) is 4.98 Å². The Morgan fingerprint density at radius 2 is 2.09 bits per heavy atom. The molecule has 0 fully saturated rings. The van der Waals surface area contributed by atoms with Gasteiger partial charge in [-0.2, -0.15) is 5.26 Å². The van der Waals surface area contributed by atoms with Gasteiger partial charge in [0.05, 0.1) is 12.2 Å². The number of rotatable bonds is 6. The smallest absolute Gasteiger partial charge is 0.294 e. The summed E-state index contributed by atoms with van der Waals surface area (Å²) in [4.78, 5) is 37.8. The molecule has 0 radical (unpaired) electrons. The van der Waals surface area contributed by atoms with Crippen LogP contribution in [0.15, 0.2) is 59.7 Å². The molecule has 3 N–H and O–H groups in total. The Bertz CT molecular complexity index is 1400. The van der Waals surface area contributed by atoms with Crippen molar-refractivity contribution in [3.63, 3.8) is 0 Å². The van der Waals surface area contributed by atoms with Crippen molar-refractivity contribution in [2.45, 2.75) is 32.0 Å². The van der Waals surface area contributed by atoms with Gasteiger partial charge in [0.25, 0.3) is 5.56 Å². The van der Waals surface area contributed by atoms with Crippen LogP contribution in [0.4, 0.5) is 5.82 Å². The highest BCUT2D eigenvalue weighted by Gasteiger charge is 2.33. The number of carbonyl (C=O) groups is 1. The lowest BCUT2D eigenvalue weighted by atomic mass is 10.2. The Labute approximate surface area is 189 Å². The van der Waals surface area contributed by atoms with E-state index in [0.29, 0.717) is 31.6 Å². The summed E-state index contributed by atoms with van der Waals surface area (Å²) in [7, 11) is 0. The van der Waals surface area contributed by atoms with Gasteiger partial charge >= 0.3 is 0 Å². The topological polar surface area (TPSA) is 128 Å². The molecule has 0 aliphatic carbocycles. The van der Waals surface area contributed by atoms with Crippen molar-refractivity contribution in [3.8, 4) is 6.07 Å². The molecule has 1 unspecified atom stereocenters. The van der Waals surface area contributed by atoms with Crippen LogP contribution in [-0.2, 0) is 24.3 Å². The molecule has 1 aliphatic rings. The van der Waals surface area contributed by atoms with E-state index in [1.807, 2.05) is 42.5 Å². The number of amides is 1. The number of nitrogens with zero attached hydrogens (tertiary/aromatic N) is 4. The second kappa shape index (κ2) is 8.59. The number of hydrogen-bond acceptors (Lipinski definition) is 6. The second-order valence-electron chi connectivity index (χ2n) is 7.91. The molecule has 1 aliphatic heterocycles. The van der Waals surface area contributed by atoms with E-state index in [0.717, 1.165) is 22.2 Å². The summed E-state index contributed by atoms with van der Waals surface area (Å²) < 4.78 is 1.42. The first-order valence-electron chi connectivity index (χ1n) is 10.7. The molecule has 33 heavy (non-hydrogen) atoms. The molecule has 9 heteroatoms. The van der Waals surface area contributed by atoms with Crippen molar-refractivity contribution in [3.05, 3.63) is 87.9 Å². The molecular weight excluding hydrogens is 418 g/mol. The number of H-pyrrole nitrogens is 1. The van der Waals surface area contributed by atoms with Crippen LogP contribution in [0.2, 0.25) is 0 Å². The molecule has 4 heterocycles. The van der Waals surface area contributed by atoms with E-state index < -0.39 is 11.6 Å². The van der Waals surface area contributed by atoms with Crippen LogP contribution >= 0.6 is 0 Å². The third-order valence-electron chi connectivity index (χ3n) is 5.82. The molecular formula is C24H21N7O2. The molecule has 0 spiro atoms. The summed E-state index contributed by atoms with van der Waals surface area (Å²) in [5, 5.41) is 16.5. The second-order valence-corrected chi connectivity index (χ2v) is 7.91. The van der Waals surface area contributed by atoms with E-state index >= 15 is 0 Å². The minimum atomic E-state index is -0.689. The summed E-state index contributed by atoms with van der Waals surface area (Å²) >= 11 is 0. The minimum Gasteiger partial charge on any atom is -0.361 e. The molecule has 1 amide bonds. The van der Waals surface area contributed by atoms with Gasteiger partial charge < -0.3 is 15.6 Å². The fraction of sp³-hybridized carbons (Fsp3) is 0.208. The van der Waals surface area contributed by atoms with Crippen molar-refractivity contribution in [2.24, 2.45) is 0 Å². The Kier molecular flexibility index (Phi) is 5.32. The van der Waals surface area contributed by atoms with Crippen LogP contribution in [-0.4, -0.2) is 25.4 Å². The van der Waals surface area contributed by atoms with Crippen molar-refractivity contribution in [1.29, 1.82) is 5.26 Å². The Morgan fingerprint density at radius 1 is 1.24 bits per heavy atom. The zero-order valence-corrected chi connectivity index (χ0v) is 17.7. The molecule has 0 saturated heterocycles. The monoisotopic (exact) mass is 439 g/mol. The number of aromatic amines is 1. The van der Waals surface area contributed by atoms with Crippen molar-refractivity contribution in [2.75, 3.05) is 5.32 Å². The van der Waals surface area contributed by atoms with E-state index in [4.69, 9.17) is 0 Å². The third-order valence-corrected chi connectivity index (χ3v) is 5.82. The first-order chi connectivity index (χ1) is 16.1. The number of nitriles is 1. The molecule has 0 saturated carbocycles. The highest BCUT2D eigenvalue weighted by molar-refractivity contribution is 5.82. The molecule has 3 aromatic heterocycles. The van der Waals surface area contributed by atoms with E-state index in [1.165, 1.54) is 4.57 Å². The highest BCUT2D eigenvalue weighted by atomic mass is 16.2. The first kappa shape index (κ1) is 20.5. The number of anilines is 1. The Hall–Kier alpha value is -4.45. The number of carbonyl (C=O) groups excluding carboxylic acids is 1. The molecule has 1 atom stereocenters. The normalized spacial score (nSPS) is 14.6. The van der Waals surface area contributed by atoms with Crippen molar-refractivity contribution < 1.29 is 4.79 Å². The van der Waals surface area contributed by atoms with Crippen LogP contribution in [0.25, 0.3) is 10.9 Å². The standard InChI is InChI=1S/C24H21N7O2/c25-11-19-20-6-7-21(23(32)28-14-17-10-16-13-26-9-8-18(16)29-17)31(20)24(33)22(30-19)27-12-15-4-2-1-3-5-15/h1-5,8-10,13,21,29H,6-7,12,14H2,(H,27,30)(H,28,32). The third kappa shape index (κ3) is 3.94. The maximum Gasteiger partial charge on any atom is 0.294 e. The highest BCUT2D eigenvalue weighted by Crippen LogP contribution is 2.26. The van der Waals surface area contributed by atoms with Crippen LogP contribution in [0.3, 0.4) is 0 Å². The fourth-order valence-electron chi connectivity index (χ4n) is 4.21. The average Bonchev–Trinajstić information content (AvgIpc) is 3.47. The molecule has 1 aromatic carbocycles. The van der Waals surface area contributed by atoms with Gasteiger partial charge in [0.1, 0.15) is 12.1 Å². The first-order valence-corrected chi connectivity index (χ1v) is 10.7. The maximum atomic E-state index is 13.2. The minimum absolute atomic E-state index is 0.0713. The summed E-state index contributed by atoms with van der Waals surface area (Å²) in [6, 6.07) is 14.8. The fourth-order valence-corrected chi connectivity index (χ4v) is 4.21. The van der Waals surface area contributed by atoms with Crippen LogP contribution in [0.5, 0.6) is 0 Å². The van der Waals surface area contributed by atoms with Gasteiger partial charge in [-0.05, 0) is 30.5 Å². The number of benzene rings is 1. The van der Waals surface area contributed by atoms with Gasteiger partial charge in [0.15, 0.2) is 11.5 Å². The van der Waals surface area contributed by atoms with Crippen LogP contribution in [0.1, 0.15) is 35.1 Å². The van der Waals surface area contributed by atoms with Crippen LogP contribution in [0, 0.1) is 11.3 Å². The van der Waals surface area contributed by atoms with Gasteiger partial charge in [-0.3, -0.25) is 19.1 Å². The lowest BCUT2D eigenvalue weighted by Gasteiger charge is -2.16. The number of hydrogen-bond donors (Lipinski definition) is 3. The SMILES string of the molecule is N#Cc1nc(NCc2ccccc2)c(=O)n2c1CCC2C(=O)NCc1cc2cnccc2[nH]1. The maximum absolute atomic E-state index is 13.2. The molecule has 164 valence electrons. The summed E-state index contributed by atoms with van der Waals surface area (Å²) in [5.41, 5.74) is 3.04. The number of pyridine rings is 1. The lowest BCUT2D eigenvalue weighted by Crippen LogP contribution is -2.37. The molecule has 0 bridgehead atoms. The zero-order chi connectivity index (χ0) is 22.8. The summed E-state index contributed by atoms with van der Waals surface area (Å²) in [5.74, 6) is -0.196. The number of aromatic nitrogens is 4. The summed E-state index contributed by atoms with van der Waals surface area (Å²) in [6.45, 7) is 0.683. The molecule has 5 rings (SSSR count). The quantitative estimate of drug-likeness (QED) is 0.423. The van der Waals surface area contributed by atoms with Crippen LogP contribution < -0.4 is 16.2 Å². The predicted octanol–water partition coefficient (Wildman–Crippen LogP) is 2.41. The number of fused-ring (bicyclic) bond motifs is 2. The van der Waals surface area contributed by atoms with Crippen molar-refractivity contribution >= 4 is 22.6 Å². The van der Waals surface area contributed by atoms with Crippen molar-refractivity contribution in [1.82, 2.24) is 24.8 Å².